The van der Waals surface area contributed by atoms with Gasteiger partial charge in [0.15, 0.2) is 0 Å². The number of anilines is 1. The van der Waals surface area contributed by atoms with E-state index in [4.69, 9.17) is 5.73 Å². The van der Waals surface area contributed by atoms with Crippen LogP contribution in [0.2, 0.25) is 0 Å². The molecule has 10 heavy (non-hydrogen) atoms. The summed E-state index contributed by atoms with van der Waals surface area (Å²) in [6, 6.07) is 3.94. The molecule has 1 aromatic rings. The fourth-order valence-corrected chi connectivity index (χ4v) is 1.04. The summed E-state index contributed by atoms with van der Waals surface area (Å²) in [5.74, 6) is 0.737. The molecule has 0 bridgehead atoms. The van der Waals surface area contributed by atoms with Gasteiger partial charge in [0, 0.05) is 11.6 Å². The Morgan fingerprint density at radius 1 is 1.40 bits per heavy atom. The first-order valence-corrected chi connectivity index (χ1v) is 3.58. The molecule has 0 radical (unpaired) electrons. The molecular weight excluding hydrogens is 124 g/mol. The lowest BCUT2D eigenvalue weighted by Gasteiger charge is -1.95. The highest BCUT2D eigenvalue weighted by Crippen LogP contribution is 2.38. The fraction of sp³-hybridized carbons (Fsp3) is 0.375. The highest BCUT2D eigenvalue weighted by molar-refractivity contribution is 5.35. The molecule has 1 aliphatic carbocycles. The van der Waals surface area contributed by atoms with E-state index in [9.17, 15) is 0 Å². The molecule has 2 nitrogen and oxygen atoms in total. The molecule has 1 aromatic heterocycles. The second-order valence-electron chi connectivity index (χ2n) is 2.79. The van der Waals surface area contributed by atoms with Gasteiger partial charge in [0.2, 0.25) is 0 Å². The van der Waals surface area contributed by atoms with Crippen molar-refractivity contribution in [2.24, 2.45) is 0 Å². The summed E-state index contributed by atoms with van der Waals surface area (Å²) in [4.78, 5) is 4.22. The van der Waals surface area contributed by atoms with E-state index in [0.29, 0.717) is 0 Å². The summed E-state index contributed by atoms with van der Waals surface area (Å²) < 4.78 is 0. The molecule has 2 heteroatoms. The summed E-state index contributed by atoms with van der Waals surface area (Å²) in [5.41, 5.74) is 7.44. The van der Waals surface area contributed by atoms with Gasteiger partial charge in [-0.3, -0.25) is 4.98 Å². The van der Waals surface area contributed by atoms with E-state index >= 15 is 0 Å². The molecule has 1 heterocycles. The second kappa shape index (κ2) is 1.97. The van der Waals surface area contributed by atoms with Gasteiger partial charge >= 0.3 is 0 Å². The Bertz CT molecular complexity index is 224. The monoisotopic (exact) mass is 134 g/mol. The van der Waals surface area contributed by atoms with Crippen LogP contribution in [0.1, 0.15) is 24.5 Å². The Hall–Kier alpha value is -1.05. The van der Waals surface area contributed by atoms with Crippen LogP contribution >= 0.6 is 0 Å². The fourth-order valence-electron chi connectivity index (χ4n) is 1.04. The average molecular weight is 134 g/mol. The van der Waals surface area contributed by atoms with Crippen molar-refractivity contribution in [2.45, 2.75) is 18.8 Å². The van der Waals surface area contributed by atoms with Gasteiger partial charge in [-0.1, -0.05) is 0 Å². The Morgan fingerprint density at radius 2 is 2.20 bits per heavy atom. The number of hydrogen-bond donors (Lipinski definition) is 1. The normalized spacial score (nSPS) is 17.2. The number of nitrogens with two attached hydrogens (primary N) is 1. The summed E-state index contributed by atoms with van der Waals surface area (Å²) in [6.07, 6.45) is 4.33. The maximum Gasteiger partial charge on any atom is 0.0501 e. The topological polar surface area (TPSA) is 38.9 Å². The van der Waals surface area contributed by atoms with Gasteiger partial charge in [0.1, 0.15) is 0 Å². The van der Waals surface area contributed by atoms with Crippen molar-refractivity contribution in [3.63, 3.8) is 0 Å². The number of rotatable bonds is 1. The molecule has 0 aliphatic heterocycles. The molecule has 1 saturated carbocycles. The Labute approximate surface area is 60.1 Å². The highest BCUT2D eigenvalue weighted by Gasteiger charge is 2.24. The van der Waals surface area contributed by atoms with Crippen LogP contribution in [-0.4, -0.2) is 4.98 Å². The zero-order valence-electron chi connectivity index (χ0n) is 5.75. The van der Waals surface area contributed by atoms with Crippen LogP contribution in [0, 0.1) is 0 Å². The summed E-state index contributed by atoms with van der Waals surface area (Å²) in [6.45, 7) is 0. The molecule has 0 spiro atoms. The van der Waals surface area contributed by atoms with Crippen LogP contribution in [0.25, 0.3) is 0 Å². The van der Waals surface area contributed by atoms with Gasteiger partial charge < -0.3 is 5.73 Å². The summed E-state index contributed by atoms with van der Waals surface area (Å²) >= 11 is 0. The third-order valence-electron chi connectivity index (χ3n) is 1.80. The van der Waals surface area contributed by atoms with Crippen LogP contribution in [0.4, 0.5) is 5.69 Å². The van der Waals surface area contributed by atoms with Gasteiger partial charge in [0.05, 0.1) is 11.9 Å². The zero-order valence-corrected chi connectivity index (χ0v) is 5.75. The molecule has 0 aromatic carbocycles. The molecule has 52 valence electrons. The van der Waals surface area contributed by atoms with E-state index in [1.165, 1.54) is 18.5 Å². The van der Waals surface area contributed by atoms with Crippen LogP contribution in [0.5, 0.6) is 0 Å². The minimum Gasteiger partial charge on any atom is -0.397 e. The first-order chi connectivity index (χ1) is 4.86. The van der Waals surface area contributed by atoms with E-state index in [2.05, 4.69) is 4.98 Å². The van der Waals surface area contributed by atoms with E-state index < -0.39 is 0 Å². The largest absolute Gasteiger partial charge is 0.397 e. The lowest BCUT2D eigenvalue weighted by Crippen LogP contribution is -1.89. The third-order valence-corrected chi connectivity index (χ3v) is 1.80. The van der Waals surface area contributed by atoms with Crippen LogP contribution in [0.3, 0.4) is 0 Å². The van der Waals surface area contributed by atoms with Crippen molar-refractivity contribution in [3.8, 4) is 0 Å². The van der Waals surface area contributed by atoms with Crippen LogP contribution in [0.15, 0.2) is 18.3 Å². The number of pyridine rings is 1. The van der Waals surface area contributed by atoms with Gasteiger partial charge in [-0.15, -0.1) is 0 Å². The minimum atomic E-state index is 0.737. The molecule has 0 saturated heterocycles. The maximum atomic E-state index is 5.48. The molecule has 0 amide bonds. The van der Waals surface area contributed by atoms with Crippen molar-refractivity contribution in [1.29, 1.82) is 0 Å². The highest BCUT2D eigenvalue weighted by atomic mass is 14.7. The van der Waals surface area contributed by atoms with Crippen LogP contribution < -0.4 is 5.73 Å². The maximum absolute atomic E-state index is 5.48. The van der Waals surface area contributed by atoms with E-state index in [1.807, 2.05) is 12.1 Å². The first-order valence-electron chi connectivity index (χ1n) is 3.58. The van der Waals surface area contributed by atoms with Crippen LogP contribution in [-0.2, 0) is 0 Å². The zero-order chi connectivity index (χ0) is 6.97. The Kier molecular flexibility index (Phi) is 1.13. The van der Waals surface area contributed by atoms with Gasteiger partial charge in [-0.25, -0.2) is 0 Å². The number of nitrogen functional groups attached to an aromatic ring is 1. The first kappa shape index (κ1) is 5.71. The van der Waals surface area contributed by atoms with Crippen molar-refractivity contribution < 1.29 is 0 Å². The summed E-state index contributed by atoms with van der Waals surface area (Å²) in [7, 11) is 0. The van der Waals surface area contributed by atoms with Crippen molar-refractivity contribution in [2.75, 3.05) is 5.73 Å². The van der Waals surface area contributed by atoms with Crippen molar-refractivity contribution in [3.05, 3.63) is 24.0 Å². The quantitative estimate of drug-likeness (QED) is 0.632. The molecule has 2 N–H and O–H groups in total. The SMILES string of the molecule is Nc1ccc(C2CC2)nc1. The average Bonchev–Trinajstić information content (AvgIpc) is 2.71. The number of hydrogen-bond acceptors (Lipinski definition) is 2. The standard InChI is InChI=1S/C8H10N2/c9-7-3-4-8(10-5-7)6-1-2-6/h3-6H,1-2,9H2. The lowest BCUT2D eigenvalue weighted by atomic mass is 10.2. The predicted molar refractivity (Wildman–Crippen MR) is 40.6 cm³/mol. The molecular formula is C8H10N2. The number of aromatic nitrogens is 1. The van der Waals surface area contributed by atoms with Crippen molar-refractivity contribution >= 4 is 5.69 Å². The minimum absolute atomic E-state index is 0.737. The van der Waals surface area contributed by atoms with Gasteiger partial charge in [-0.2, -0.15) is 0 Å². The van der Waals surface area contributed by atoms with E-state index in [-0.39, 0.29) is 0 Å². The Balaban J connectivity index is 2.28. The summed E-state index contributed by atoms with van der Waals surface area (Å²) in [5, 5.41) is 0. The van der Waals surface area contributed by atoms with Gasteiger partial charge in [0.25, 0.3) is 0 Å². The lowest BCUT2D eigenvalue weighted by molar-refractivity contribution is 1.02. The van der Waals surface area contributed by atoms with E-state index in [1.54, 1.807) is 6.20 Å². The van der Waals surface area contributed by atoms with Crippen molar-refractivity contribution in [1.82, 2.24) is 4.98 Å². The molecule has 1 fully saturated rings. The molecule has 2 rings (SSSR count). The van der Waals surface area contributed by atoms with Gasteiger partial charge in [-0.05, 0) is 25.0 Å². The molecule has 0 atom stereocenters. The smallest absolute Gasteiger partial charge is 0.0501 e. The molecule has 1 aliphatic rings. The second-order valence-corrected chi connectivity index (χ2v) is 2.79. The number of nitrogens with zero attached hydrogens (tertiary/aromatic N) is 1. The molecule has 0 unspecified atom stereocenters. The third kappa shape index (κ3) is 0.967. The predicted octanol–water partition coefficient (Wildman–Crippen LogP) is 1.54. The van der Waals surface area contributed by atoms with E-state index in [0.717, 1.165) is 11.6 Å². The Morgan fingerprint density at radius 3 is 2.70 bits per heavy atom.